The molecule has 20 heavy (non-hydrogen) atoms. The molecule has 1 aromatic heterocycles. The number of anilines is 1. The highest BCUT2D eigenvalue weighted by molar-refractivity contribution is 6.39. The second kappa shape index (κ2) is 5.35. The number of hydrogen-bond donors (Lipinski definition) is 1. The molecule has 1 aliphatic heterocycles. The Kier molecular flexibility index (Phi) is 3.71. The highest BCUT2D eigenvalue weighted by Crippen LogP contribution is 2.39. The van der Waals surface area contributed by atoms with Gasteiger partial charge in [0.05, 0.1) is 40.2 Å². The lowest BCUT2D eigenvalue weighted by molar-refractivity contribution is 0.110. The van der Waals surface area contributed by atoms with Gasteiger partial charge in [0.25, 0.3) is 0 Å². The summed E-state index contributed by atoms with van der Waals surface area (Å²) in [5.41, 5.74) is 3.32. The molecule has 0 atom stereocenters. The SMILES string of the molecule is CCNc1c2c(nc3cc(Cl)c(F)c(Cl)c13)CCOC2. The van der Waals surface area contributed by atoms with Gasteiger partial charge in [-0.15, -0.1) is 0 Å². The predicted molar refractivity (Wildman–Crippen MR) is 79.2 cm³/mol. The van der Waals surface area contributed by atoms with Gasteiger partial charge in [-0.1, -0.05) is 23.2 Å². The molecule has 1 N–H and O–H groups in total. The van der Waals surface area contributed by atoms with Gasteiger partial charge < -0.3 is 10.1 Å². The maximum Gasteiger partial charge on any atom is 0.161 e. The van der Waals surface area contributed by atoms with Crippen molar-refractivity contribution in [3.8, 4) is 0 Å². The molecule has 1 aromatic carbocycles. The van der Waals surface area contributed by atoms with E-state index in [0.29, 0.717) is 30.7 Å². The number of aromatic nitrogens is 1. The van der Waals surface area contributed by atoms with Gasteiger partial charge in [-0.2, -0.15) is 0 Å². The third kappa shape index (κ3) is 2.12. The molecule has 3 nitrogen and oxygen atoms in total. The van der Waals surface area contributed by atoms with Gasteiger partial charge >= 0.3 is 0 Å². The zero-order chi connectivity index (χ0) is 14.3. The smallest absolute Gasteiger partial charge is 0.161 e. The summed E-state index contributed by atoms with van der Waals surface area (Å²) in [4.78, 5) is 4.57. The summed E-state index contributed by atoms with van der Waals surface area (Å²) in [5, 5.41) is 3.82. The Morgan fingerprint density at radius 1 is 1.45 bits per heavy atom. The van der Waals surface area contributed by atoms with E-state index in [0.717, 1.165) is 23.4 Å². The zero-order valence-electron chi connectivity index (χ0n) is 10.9. The van der Waals surface area contributed by atoms with Crippen molar-refractivity contribution in [3.05, 3.63) is 33.2 Å². The highest BCUT2D eigenvalue weighted by atomic mass is 35.5. The fourth-order valence-electron chi connectivity index (χ4n) is 2.49. The van der Waals surface area contributed by atoms with Gasteiger partial charge in [0.15, 0.2) is 5.82 Å². The van der Waals surface area contributed by atoms with Crippen LogP contribution in [0, 0.1) is 5.82 Å². The minimum atomic E-state index is -0.613. The van der Waals surface area contributed by atoms with E-state index in [1.54, 1.807) is 0 Å². The molecule has 0 spiro atoms. The van der Waals surface area contributed by atoms with Gasteiger partial charge in [0, 0.05) is 23.9 Å². The van der Waals surface area contributed by atoms with Crippen LogP contribution in [0.4, 0.5) is 10.1 Å². The molecule has 0 saturated carbocycles. The minimum absolute atomic E-state index is 0.00400. The number of nitrogens with one attached hydrogen (secondary N) is 1. The van der Waals surface area contributed by atoms with Crippen molar-refractivity contribution in [1.29, 1.82) is 0 Å². The van der Waals surface area contributed by atoms with E-state index in [-0.39, 0.29) is 10.0 Å². The van der Waals surface area contributed by atoms with E-state index in [2.05, 4.69) is 10.3 Å². The number of fused-ring (bicyclic) bond motifs is 2. The van der Waals surface area contributed by atoms with Crippen LogP contribution in [0.3, 0.4) is 0 Å². The van der Waals surface area contributed by atoms with Gasteiger partial charge in [-0.3, -0.25) is 4.98 Å². The standard InChI is InChI=1S/C14H13Cl2FN2O/c1-2-18-14-7-6-20-4-3-9(7)19-10-5-8(15)13(17)12(16)11(10)14/h5H,2-4,6H2,1H3,(H,18,19). The van der Waals surface area contributed by atoms with Crippen molar-refractivity contribution in [2.24, 2.45) is 0 Å². The van der Waals surface area contributed by atoms with Crippen molar-refractivity contribution in [2.75, 3.05) is 18.5 Å². The molecule has 0 aliphatic carbocycles. The lowest BCUT2D eigenvalue weighted by Gasteiger charge is -2.22. The number of nitrogens with zero attached hydrogens (tertiary/aromatic N) is 1. The second-order valence-corrected chi connectivity index (χ2v) is 5.41. The highest BCUT2D eigenvalue weighted by Gasteiger charge is 2.22. The quantitative estimate of drug-likeness (QED) is 0.844. The molecule has 0 bridgehead atoms. The molecule has 1 aliphatic rings. The van der Waals surface area contributed by atoms with Crippen LogP contribution < -0.4 is 5.32 Å². The van der Waals surface area contributed by atoms with Crippen molar-refractivity contribution in [3.63, 3.8) is 0 Å². The second-order valence-electron chi connectivity index (χ2n) is 4.63. The maximum absolute atomic E-state index is 14.0. The number of hydrogen-bond acceptors (Lipinski definition) is 3. The molecule has 2 aromatic rings. The number of benzene rings is 1. The molecule has 0 radical (unpaired) electrons. The van der Waals surface area contributed by atoms with E-state index in [4.69, 9.17) is 27.9 Å². The first-order valence-electron chi connectivity index (χ1n) is 6.44. The Labute approximate surface area is 126 Å². The number of ether oxygens (including phenoxy) is 1. The molecule has 2 heterocycles. The Hall–Kier alpha value is -1.10. The lowest BCUT2D eigenvalue weighted by atomic mass is 10.0. The van der Waals surface area contributed by atoms with E-state index in [1.165, 1.54) is 6.07 Å². The molecule has 6 heteroatoms. The van der Waals surface area contributed by atoms with Crippen LogP contribution in [0.1, 0.15) is 18.2 Å². The van der Waals surface area contributed by atoms with Crippen LogP contribution in [-0.4, -0.2) is 18.1 Å². The van der Waals surface area contributed by atoms with Crippen LogP contribution in [0.15, 0.2) is 6.07 Å². The molecule has 106 valence electrons. The van der Waals surface area contributed by atoms with E-state index < -0.39 is 5.82 Å². The fourth-order valence-corrected chi connectivity index (χ4v) is 3.03. The van der Waals surface area contributed by atoms with E-state index >= 15 is 0 Å². The van der Waals surface area contributed by atoms with Crippen LogP contribution in [0.2, 0.25) is 10.0 Å². The lowest BCUT2D eigenvalue weighted by Crippen LogP contribution is -2.15. The first-order chi connectivity index (χ1) is 9.63. The van der Waals surface area contributed by atoms with Crippen molar-refractivity contribution in [1.82, 2.24) is 4.98 Å². The summed E-state index contributed by atoms with van der Waals surface area (Å²) < 4.78 is 19.4. The largest absolute Gasteiger partial charge is 0.384 e. The Bertz CT molecular complexity index is 691. The summed E-state index contributed by atoms with van der Waals surface area (Å²) in [6.45, 7) is 3.77. The summed E-state index contributed by atoms with van der Waals surface area (Å²) in [6.07, 6.45) is 0.732. The Morgan fingerprint density at radius 2 is 2.25 bits per heavy atom. The topological polar surface area (TPSA) is 34.2 Å². The molecule has 3 rings (SSSR count). The molecule has 0 fully saturated rings. The minimum Gasteiger partial charge on any atom is -0.384 e. The van der Waals surface area contributed by atoms with E-state index in [9.17, 15) is 4.39 Å². The molecule has 0 unspecified atom stereocenters. The molecule has 0 saturated heterocycles. The first kappa shape index (κ1) is 13.9. The van der Waals surface area contributed by atoms with Crippen molar-refractivity contribution < 1.29 is 9.13 Å². The summed E-state index contributed by atoms with van der Waals surface area (Å²) in [6, 6.07) is 1.52. The van der Waals surface area contributed by atoms with Gasteiger partial charge in [0.2, 0.25) is 0 Å². The predicted octanol–water partition coefficient (Wildman–Crippen LogP) is 4.19. The number of halogens is 3. The van der Waals surface area contributed by atoms with Crippen molar-refractivity contribution >= 4 is 39.8 Å². The summed E-state index contributed by atoms with van der Waals surface area (Å²) >= 11 is 12.0. The fraction of sp³-hybridized carbons (Fsp3) is 0.357. The van der Waals surface area contributed by atoms with Crippen LogP contribution in [0.25, 0.3) is 10.9 Å². The Balaban J connectivity index is 2.39. The maximum atomic E-state index is 14.0. The van der Waals surface area contributed by atoms with Gasteiger partial charge in [-0.25, -0.2) is 4.39 Å². The average molecular weight is 315 g/mol. The van der Waals surface area contributed by atoms with Crippen LogP contribution in [0.5, 0.6) is 0 Å². The summed E-state index contributed by atoms with van der Waals surface area (Å²) in [5.74, 6) is -0.613. The molecular formula is C14H13Cl2FN2O. The number of pyridine rings is 1. The molecular weight excluding hydrogens is 302 g/mol. The monoisotopic (exact) mass is 314 g/mol. The van der Waals surface area contributed by atoms with Crippen molar-refractivity contribution in [2.45, 2.75) is 20.0 Å². The third-order valence-electron chi connectivity index (χ3n) is 3.38. The van der Waals surface area contributed by atoms with Crippen LogP contribution >= 0.6 is 23.2 Å². The Morgan fingerprint density at radius 3 is 3.00 bits per heavy atom. The van der Waals surface area contributed by atoms with Crippen LogP contribution in [-0.2, 0) is 17.8 Å². The third-order valence-corrected chi connectivity index (χ3v) is 4.01. The van der Waals surface area contributed by atoms with E-state index in [1.807, 2.05) is 6.92 Å². The summed E-state index contributed by atoms with van der Waals surface area (Å²) in [7, 11) is 0. The average Bonchev–Trinajstić information content (AvgIpc) is 2.45. The first-order valence-corrected chi connectivity index (χ1v) is 7.19. The van der Waals surface area contributed by atoms with Gasteiger partial charge in [-0.05, 0) is 13.0 Å². The number of rotatable bonds is 2. The normalized spacial score (nSPS) is 14.4. The zero-order valence-corrected chi connectivity index (χ0v) is 12.4. The van der Waals surface area contributed by atoms with Gasteiger partial charge in [0.1, 0.15) is 0 Å². The molecule has 0 amide bonds.